The molecule has 2 amide bonds. The molecule has 0 bridgehead atoms. The molecule has 0 unspecified atom stereocenters. The van der Waals surface area contributed by atoms with Crippen LogP contribution in [-0.4, -0.2) is 41.4 Å². The number of aromatic nitrogens is 1. The summed E-state index contributed by atoms with van der Waals surface area (Å²) >= 11 is 1.51. The van der Waals surface area contributed by atoms with Gasteiger partial charge in [-0.2, -0.15) is 0 Å². The van der Waals surface area contributed by atoms with Crippen molar-refractivity contribution in [1.82, 2.24) is 9.88 Å². The van der Waals surface area contributed by atoms with Gasteiger partial charge < -0.3 is 15.4 Å². The van der Waals surface area contributed by atoms with Crippen LogP contribution in [0.2, 0.25) is 0 Å². The summed E-state index contributed by atoms with van der Waals surface area (Å²) in [6.07, 6.45) is 1.56. The SMILES string of the molecule is CCOc1ccccc1-c1nc(CC(=O)N2CCC(C(N)=O)CC2)cs1. The van der Waals surface area contributed by atoms with Gasteiger partial charge in [-0.15, -0.1) is 11.3 Å². The minimum absolute atomic E-state index is 0.0443. The summed E-state index contributed by atoms with van der Waals surface area (Å²) in [5.41, 5.74) is 7.05. The highest BCUT2D eigenvalue weighted by molar-refractivity contribution is 7.13. The topological polar surface area (TPSA) is 85.5 Å². The van der Waals surface area contributed by atoms with E-state index in [1.54, 1.807) is 4.90 Å². The first kappa shape index (κ1) is 18.4. The highest BCUT2D eigenvalue weighted by Crippen LogP contribution is 2.32. The molecule has 2 aromatic rings. The van der Waals surface area contributed by atoms with Gasteiger partial charge in [0, 0.05) is 24.4 Å². The van der Waals surface area contributed by atoms with E-state index in [4.69, 9.17) is 10.5 Å². The van der Waals surface area contributed by atoms with E-state index >= 15 is 0 Å². The molecule has 2 heterocycles. The predicted octanol–water partition coefficient (Wildman–Crippen LogP) is 2.48. The number of nitrogens with zero attached hydrogens (tertiary/aromatic N) is 2. The first-order valence-electron chi connectivity index (χ1n) is 8.82. The first-order valence-corrected chi connectivity index (χ1v) is 9.70. The average Bonchev–Trinajstić information content (AvgIpc) is 3.11. The lowest BCUT2D eigenvalue weighted by atomic mass is 9.96. The van der Waals surface area contributed by atoms with E-state index in [0.717, 1.165) is 22.0 Å². The summed E-state index contributed by atoms with van der Waals surface area (Å²) in [5, 5.41) is 2.77. The molecule has 1 aromatic heterocycles. The second-order valence-corrected chi connectivity index (χ2v) is 7.17. The third kappa shape index (κ3) is 4.22. The molecule has 7 heteroatoms. The summed E-state index contributed by atoms with van der Waals surface area (Å²) in [6.45, 7) is 3.70. The van der Waals surface area contributed by atoms with Crippen LogP contribution in [0.15, 0.2) is 29.6 Å². The first-order chi connectivity index (χ1) is 12.6. The molecule has 1 fully saturated rings. The largest absolute Gasteiger partial charge is 0.493 e. The quantitative estimate of drug-likeness (QED) is 0.843. The Morgan fingerprint density at radius 1 is 1.31 bits per heavy atom. The van der Waals surface area contributed by atoms with E-state index in [1.165, 1.54) is 11.3 Å². The summed E-state index contributed by atoms with van der Waals surface area (Å²) in [7, 11) is 0. The number of hydrogen-bond acceptors (Lipinski definition) is 5. The number of rotatable bonds is 6. The summed E-state index contributed by atoms with van der Waals surface area (Å²) in [5.74, 6) is 0.466. The van der Waals surface area contributed by atoms with E-state index in [1.807, 2.05) is 36.6 Å². The lowest BCUT2D eigenvalue weighted by molar-refractivity contribution is -0.134. The van der Waals surface area contributed by atoms with E-state index in [0.29, 0.717) is 32.5 Å². The van der Waals surface area contributed by atoms with E-state index < -0.39 is 0 Å². The molecule has 138 valence electrons. The van der Waals surface area contributed by atoms with Gasteiger partial charge in [0.05, 0.1) is 24.3 Å². The number of benzene rings is 1. The molecule has 1 aromatic carbocycles. The number of likely N-dealkylation sites (tertiary alicyclic amines) is 1. The lowest BCUT2D eigenvalue weighted by Gasteiger charge is -2.30. The van der Waals surface area contributed by atoms with Crippen LogP contribution < -0.4 is 10.5 Å². The Hall–Kier alpha value is -2.41. The van der Waals surface area contributed by atoms with Crippen LogP contribution in [0.1, 0.15) is 25.5 Å². The van der Waals surface area contributed by atoms with Gasteiger partial charge in [-0.3, -0.25) is 9.59 Å². The molecule has 1 aliphatic heterocycles. The fourth-order valence-electron chi connectivity index (χ4n) is 3.12. The fourth-order valence-corrected chi connectivity index (χ4v) is 3.97. The van der Waals surface area contributed by atoms with Crippen LogP contribution in [0, 0.1) is 5.92 Å². The van der Waals surface area contributed by atoms with Crippen LogP contribution in [-0.2, 0) is 16.0 Å². The van der Waals surface area contributed by atoms with Gasteiger partial charge in [0.1, 0.15) is 10.8 Å². The van der Waals surface area contributed by atoms with Gasteiger partial charge in [-0.1, -0.05) is 12.1 Å². The van der Waals surface area contributed by atoms with Crippen molar-refractivity contribution in [1.29, 1.82) is 0 Å². The van der Waals surface area contributed by atoms with Crippen molar-refractivity contribution in [3.8, 4) is 16.3 Å². The van der Waals surface area contributed by atoms with Gasteiger partial charge in [-0.25, -0.2) is 4.98 Å². The number of piperidine rings is 1. The van der Waals surface area contributed by atoms with Gasteiger partial charge >= 0.3 is 0 Å². The Bertz CT molecular complexity index is 782. The van der Waals surface area contributed by atoms with Gasteiger partial charge in [0.15, 0.2) is 0 Å². The second-order valence-electron chi connectivity index (χ2n) is 6.31. The smallest absolute Gasteiger partial charge is 0.228 e. The monoisotopic (exact) mass is 373 g/mol. The molecule has 0 spiro atoms. The minimum atomic E-state index is -0.269. The zero-order chi connectivity index (χ0) is 18.5. The third-order valence-electron chi connectivity index (χ3n) is 4.55. The standard InChI is InChI=1S/C19H23N3O3S/c1-2-25-16-6-4-3-5-15(16)19-21-14(12-26-19)11-17(23)22-9-7-13(8-10-22)18(20)24/h3-6,12-13H,2,7-11H2,1H3,(H2,20,24). The van der Waals surface area contributed by atoms with Crippen LogP contribution in [0.4, 0.5) is 0 Å². The number of carbonyl (C=O) groups excluding carboxylic acids is 2. The van der Waals surface area contributed by atoms with Crippen molar-refractivity contribution in [2.75, 3.05) is 19.7 Å². The van der Waals surface area contributed by atoms with E-state index in [2.05, 4.69) is 4.98 Å². The molecule has 2 N–H and O–H groups in total. The lowest BCUT2D eigenvalue weighted by Crippen LogP contribution is -2.42. The van der Waals surface area contributed by atoms with Crippen molar-refractivity contribution in [3.63, 3.8) is 0 Å². The number of hydrogen-bond donors (Lipinski definition) is 1. The number of nitrogens with two attached hydrogens (primary N) is 1. The highest BCUT2D eigenvalue weighted by atomic mass is 32.1. The molecular formula is C19H23N3O3S. The van der Waals surface area contributed by atoms with Crippen molar-refractivity contribution < 1.29 is 14.3 Å². The van der Waals surface area contributed by atoms with Crippen molar-refractivity contribution in [2.45, 2.75) is 26.2 Å². The van der Waals surface area contributed by atoms with Crippen LogP contribution in [0.5, 0.6) is 5.75 Å². The molecule has 3 rings (SSSR count). The Morgan fingerprint density at radius 2 is 2.04 bits per heavy atom. The molecule has 0 aliphatic carbocycles. The Kier molecular flexibility index (Phi) is 5.88. The molecule has 0 radical (unpaired) electrons. The molecule has 0 saturated carbocycles. The maximum absolute atomic E-state index is 12.5. The predicted molar refractivity (Wildman–Crippen MR) is 101 cm³/mol. The molecule has 1 saturated heterocycles. The average molecular weight is 373 g/mol. The van der Waals surface area contributed by atoms with E-state index in [-0.39, 0.29) is 24.2 Å². The number of primary amides is 1. The summed E-state index contributed by atoms with van der Waals surface area (Å²) in [6, 6.07) is 7.78. The Morgan fingerprint density at radius 3 is 2.73 bits per heavy atom. The zero-order valence-electron chi connectivity index (χ0n) is 14.8. The number of ether oxygens (including phenoxy) is 1. The van der Waals surface area contributed by atoms with Gasteiger partial charge in [0.25, 0.3) is 0 Å². The van der Waals surface area contributed by atoms with Crippen LogP contribution >= 0.6 is 11.3 Å². The number of para-hydroxylation sites is 1. The van der Waals surface area contributed by atoms with Crippen LogP contribution in [0.25, 0.3) is 10.6 Å². The molecule has 6 nitrogen and oxygen atoms in total. The molecule has 26 heavy (non-hydrogen) atoms. The third-order valence-corrected chi connectivity index (χ3v) is 5.48. The summed E-state index contributed by atoms with van der Waals surface area (Å²) < 4.78 is 5.66. The minimum Gasteiger partial charge on any atom is -0.493 e. The van der Waals surface area contributed by atoms with Crippen molar-refractivity contribution in [2.24, 2.45) is 11.7 Å². The highest BCUT2D eigenvalue weighted by Gasteiger charge is 2.26. The number of carbonyl (C=O) groups is 2. The normalized spacial score (nSPS) is 15.0. The maximum atomic E-state index is 12.5. The fraction of sp³-hybridized carbons (Fsp3) is 0.421. The Balaban J connectivity index is 1.64. The number of thiazole rings is 1. The number of amides is 2. The van der Waals surface area contributed by atoms with Crippen molar-refractivity contribution >= 4 is 23.2 Å². The van der Waals surface area contributed by atoms with Gasteiger partial charge in [-0.05, 0) is 31.9 Å². The molecule has 1 aliphatic rings. The Labute approximate surface area is 157 Å². The second kappa shape index (κ2) is 8.31. The van der Waals surface area contributed by atoms with Crippen LogP contribution in [0.3, 0.4) is 0 Å². The molecule has 0 atom stereocenters. The van der Waals surface area contributed by atoms with E-state index in [9.17, 15) is 9.59 Å². The zero-order valence-corrected chi connectivity index (χ0v) is 15.6. The molecular weight excluding hydrogens is 350 g/mol. The summed E-state index contributed by atoms with van der Waals surface area (Å²) in [4.78, 5) is 30.2. The van der Waals surface area contributed by atoms with Crippen molar-refractivity contribution in [3.05, 3.63) is 35.3 Å². The maximum Gasteiger partial charge on any atom is 0.228 e. The van der Waals surface area contributed by atoms with Gasteiger partial charge in [0.2, 0.25) is 11.8 Å².